The van der Waals surface area contributed by atoms with Crippen LogP contribution in [0.3, 0.4) is 0 Å². The van der Waals surface area contributed by atoms with Gasteiger partial charge in [-0.05, 0) is 55.7 Å². The average molecular weight is 265 g/mol. The van der Waals surface area contributed by atoms with Crippen LogP contribution in [0.5, 0.6) is 0 Å². The molecule has 2 N–H and O–H groups in total. The summed E-state index contributed by atoms with van der Waals surface area (Å²) in [7, 11) is 0. The maximum atomic E-state index is 6.08. The van der Waals surface area contributed by atoms with E-state index < -0.39 is 0 Å². The smallest absolute Gasteiger partial charge is 0.100 e. The second-order valence-corrected chi connectivity index (χ2v) is 5.39. The zero-order valence-electron chi connectivity index (χ0n) is 12.1. The molecule has 0 saturated heterocycles. The van der Waals surface area contributed by atoms with Crippen LogP contribution in [0.2, 0.25) is 0 Å². The number of hydrogen-bond donors (Lipinski definition) is 1. The minimum absolute atomic E-state index is 0.00445. The van der Waals surface area contributed by atoms with Gasteiger partial charge in [0.25, 0.3) is 0 Å². The van der Waals surface area contributed by atoms with E-state index in [4.69, 9.17) is 5.73 Å². The van der Waals surface area contributed by atoms with E-state index in [0.717, 1.165) is 22.3 Å². The molecule has 3 heteroatoms. The summed E-state index contributed by atoms with van der Waals surface area (Å²) in [6, 6.07) is 12.5. The first-order valence-corrected chi connectivity index (χ1v) is 6.87. The van der Waals surface area contributed by atoms with E-state index in [-0.39, 0.29) is 6.04 Å². The molecule has 1 heterocycles. The first-order chi connectivity index (χ1) is 9.58. The van der Waals surface area contributed by atoms with Crippen molar-refractivity contribution in [2.75, 3.05) is 0 Å². The van der Waals surface area contributed by atoms with Crippen LogP contribution < -0.4 is 5.73 Å². The largest absolute Gasteiger partial charge is 0.324 e. The van der Waals surface area contributed by atoms with Gasteiger partial charge >= 0.3 is 0 Å². The first kappa shape index (κ1) is 12.9. The molecule has 0 spiro atoms. The maximum Gasteiger partial charge on any atom is 0.100 e. The summed E-state index contributed by atoms with van der Waals surface area (Å²) >= 11 is 0. The Bertz CT molecular complexity index is 769. The molecule has 0 aliphatic carbocycles. The van der Waals surface area contributed by atoms with Crippen molar-refractivity contribution in [2.45, 2.75) is 26.8 Å². The molecule has 0 aliphatic heterocycles. The molecule has 0 fully saturated rings. The van der Waals surface area contributed by atoms with E-state index in [1.807, 2.05) is 25.4 Å². The van der Waals surface area contributed by atoms with Crippen LogP contribution in [0.1, 0.15) is 29.7 Å². The Morgan fingerprint density at radius 1 is 1.10 bits per heavy atom. The van der Waals surface area contributed by atoms with Crippen molar-refractivity contribution in [1.82, 2.24) is 9.55 Å². The van der Waals surface area contributed by atoms with E-state index in [9.17, 15) is 0 Å². The fourth-order valence-electron chi connectivity index (χ4n) is 2.55. The fraction of sp³-hybridized carbons (Fsp3) is 0.235. The Morgan fingerprint density at radius 2 is 1.80 bits per heavy atom. The maximum absolute atomic E-state index is 6.08. The van der Waals surface area contributed by atoms with Crippen molar-refractivity contribution in [1.29, 1.82) is 0 Å². The lowest BCUT2D eigenvalue weighted by Crippen LogP contribution is -2.09. The van der Waals surface area contributed by atoms with E-state index in [1.165, 1.54) is 11.1 Å². The van der Waals surface area contributed by atoms with Gasteiger partial charge in [0, 0.05) is 6.04 Å². The highest BCUT2D eigenvalue weighted by Gasteiger charge is 2.11. The highest BCUT2D eigenvalue weighted by atomic mass is 15.1. The van der Waals surface area contributed by atoms with Gasteiger partial charge in [-0.2, -0.15) is 0 Å². The standard InChI is InChI=1S/C17H19N3/c1-11-8-15-17(9-12(11)2)20(10-19-15)16-7-5-4-6-14(16)13(3)18/h4-10,13H,18H2,1-3H3/t13-/m1/s1. The first-order valence-electron chi connectivity index (χ1n) is 6.87. The van der Waals surface area contributed by atoms with Crippen molar-refractivity contribution in [2.24, 2.45) is 5.73 Å². The average Bonchev–Trinajstić information content (AvgIpc) is 2.82. The Morgan fingerprint density at radius 3 is 2.55 bits per heavy atom. The zero-order valence-corrected chi connectivity index (χ0v) is 12.1. The van der Waals surface area contributed by atoms with Gasteiger partial charge in [-0.15, -0.1) is 0 Å². The number of para-hydroxylation sites is 1. The number of hydrogen-bond acceptors (Lipinski definition) is 2. The minimum atomic E-state index is -0.00445. The van der Waals surface area contributed by atoms with Gasteiger partial charge in [0.15, 0.2) is 0 Å². The molecule has 3 nitrogen and oxygen atoms in total. The van der Waals surface area contributed by atoms with E-state index in [2.05, 4.69) is 47.7 Å². The third kappa shape index (κ3) is 2.00. The number of fused-ring (bicyclic) bond motifs is 1. The molecular weight excluding hydrogens is 246 g/mol. The minimum Gasteiger partial charge on any atom is -0.324 e. The highest BCUT2D eigenvalue weighted by molar-refractivity contribution is 5.79. The van der Waals surface area contributed by atoms with Crippen LogP contribution in [-0.4, -0.2) is 9.55 Å². The van der Waals surface area contributed by atoms with Gasteiger partial charge in [-0.1, -0.05) is 18.2 Å². The Balaban J connectivity index is 2.28. The van der Waals surface area contributed by atoms with Gasteiger partial charge in [-0.25, -0.2) is 4.98 Å². The monoisotopic (exact) mass is 265 g/mol. The summed E-state index contributed by atoms with van der Waals surface area (Å²) < 4.78 is 2.13. The predicted molar refractivity (Wildman–Crippen MR) is 83.1 cm³/mol. The van der Waals surface area contributed by atoms with Crippen molar-refractivity contribution < 1.29 is 0 Å². The van der Waals surface area contributed by atoms with E-state index >= 15 is 0 Å². The second kappa shape index (κ2) is 4.76. The molecule has 0 unspecified atom stereocenters. The van der Waals surface area contributed by atoms with Gasteiger partial charge in [0.1, 0.15) is 6.33 Å². The Hall–Kier alpha value is -2.13. The summed E-state index contributed by atoms with van der Waals surface area (Å²) in [5.74, 6) is 0. The summed E-state index contributed by atoms with van der Waals surface area (Å²) in [5.41, 5.74) is 13.0. The van der Waals surface area contributed by atoms with Crippen molar-refractivity contribution >= 4 is 11.0 Å². The highest BCUT2D eigenvalue weighted by Crippen LogP contribution is 2.25. The molecule has 0 aliphatic rings. The molecule has 2 aromatic carbocycles. The van der Waals surface area contributed by atoms with Crippen LogP contribution in [0.4, 0.5) is 0 Å². The number of rotatable bonds is 2. The van der Waals surface area contributed by atoms with Gasteiger partial charge in [0.05, 0.1) is 16.7 Å². The van der Waals surface area contributed by atoms with Gasteiger partial charge in [-0.3, -0.25) is 4.57 Å². The Kier molecular flexibility index (Phi) is 3.07. The number of aryl methyl sites for hydroxylation is 2. The summed E-state index contributed by atoms with van der Waals surface area (Å²) in [6.07, 6.45) is 1.88. The van der Waals surface area contributed by atoms with Crippen LogP contribution >= 0.6 is 0 Å². The zero-order chi connectivity index (χ0) is 14.3. The fourth-order valence-corrected chi connectivity index (χ4v) is 2.55. The molecule has 0 bridgehead atoms. The molecule has 20 heavy (non-hydrogen) atoms. The van der Waals surface area contributed by atoms with Crippen LogP contribution in [0.15, 0.2) is 42.7 Å². The number of nitrogens with zero attached hydrogens (tertiary/aromatic N) is 2. The number of benzene rings is 2. The third-order valence-corrected chi connectivity index (χ3v) is 3.85. The van der Waals surface area contributed by atoms with Gasteiger partial charge < -0.3 is 5.73 Å². The molecule has 1 aromatic heterocycles. The SMILES string of the molecule is Cc1cc2ncn(-c3ccccc3[C@@H](C)N)c2cc1C. The molecule has 102 valence electrons. The Labute approximate surface area is 119 Å². The summed E-state index contributed by atoms with van der Waals surface area (Å²) in [5, 5.41) is 0. The lowest BCUT2D eigenvalue weighted by atomic mass is 10.1. The number of nitrogens with two attached hydrogens (primary N) is 1. The van der Waals surface area contributed by atoms with E-state index in [1.54, 1.807) is 0 Å². The van der Waals surface area contributed by atoms with Crippen molar-refractivity contribution in [3.63, 3.8) is 0 Å². The summed E-state index contributed by atoms with van der Waals surface area (Å²) in [4.78, 5) is 4.52. The molecule has 1 atom stereocenters. The molecule has 0 saturated carbocycles. The molecule has 0 amide bonds. The topological polar surface area (TPSA) is 43.8 Å². The quantitative estimate of drug-likeness (QED) is 0.768. The van der Waals surface area contributed by atoms with Gasteiger partial charge in [0.2, 0.25) is 0 Å². The van der Waals surface area contributed by atoms with Crippen LogP contribution in [0.25, 0.3) is 16.7 Å². The number of aromatic nitrogens is 2. The second-order valence-electron chi connectivity index (χ2n) is 5.39. The molecule has 0 radical (unpaired) electrons. The van der Waals surface area contributed by atoms with Crippen molar-refractivity contribution in [3.8, 4) is 5.69 Å². The molecule has 3 rings (SSSR count). The lowest BCUT2D eigenvalue weighted by Gasteiger charge is -2.14. The van der Waals surface area contributed by atoms with Crippen LogP contribution in [-0.2, 0) is 0 Å². The predicted octanol–water partition coefficient (Wildman–Crippen LogP) is 3.66. The van der Waals surface area contributed by atoms with Crippen LogP contribution in [0, 0.1) is 13.8 Å². The van der Waals surface area contributed by atoms with E-state index in [0.29, 0.717) is 0 Å². The molecule has 3 aromatic rings. The lowest BCUT2D eigenvalue weighted by molar-refractivity contribution is 0.806. The van der Waals surface area contributed by atoms with Crippen molar-refractivity contribution in [3.05, 3.63) is 59.4 Å². The third-order valence-electron chi connectivity index (χ3n) is 3.85. The number of imidazole rings is 1. The summed E-state index contributed by atoms with van der Waals surface area (Å²) in [6.45, 7) is 6.25. The normalized spacial score (nSPS) is 12.8. The molecular formula is C17H19N3.